The molecule has 0 amide bonds. The zero-order chi connectivity index (χ0) is 14.1. The minimum absolute atomic E-state index is 0. The van der Waals surface area contributed by atoms with E-state index in [1.165, 1.54) is 19.3 Å². The Kier molecular flexibility index (Phi) is 10.3. The van der Waals surface area contributed by atoms with Gasteiger partial charge in [0.1, 0.15) is 0 Å². The van der Waals surface area contributed by atoms with Gasteiger partial charge in [-0.25, -0.2) is 0 Å². The SMILES string of the molecule is CN=C(NCCN1CCCCC1)NCCC(F)(F)F.I. The van der Waals surface area contributed by atoms with Gasteiger partial charge in [-0.15, -0.1) is 24.0 Å². The zero-order valence-corrected chi connectivity index (χ0v) is 14.1. The highest BCUT2D eigenvalue weighted by Crippen LogP contribution is 2.17. The van der Waals surface area contributed by atoms with Crippen LogP contribution in [0.4, 0.5) is 13.2 Å². The maximum Gasteiger partial charge on any atom is 0.390 e. The van der Waals surface area contributed by atoms with E-state index in [2.05, 4.69) is 20.5 Å². The van der Waals surface area contributed by atoms with Crippen molar-refractivity contribution in [2.45, 2.75) is 31.9 Å². The van der Waals surface area contributed by atoms with Gasteiger partial charge in [0, 0.05) is 26.7 Å². The number of halogens is 4. The maximum absolute atomic E-state index is 12.0. The zero-order valence-electron chi connectivity index (χ0n) is 11.8. The number of aliphatic imine (C=N–C) groups is 1. The Bertz CT molecular complexity index is 278. The summed E-state index contributed by atoms with van der Waals surface area (Å²) in [5, 5.41) is 5.70. The van der Waals surface area contributed by atoms with E-state index in [0.717, 1.165) is 19.6 Å². The highest BCUT2D eigenvalue weighted by Gasteiger charge is 2.26. The number of hydrogen-bond donors (Lipinski definition) is 2. The number of likely N-dealkylation sites (tertiary alicyclic amines) is 1. The topological polar surface area (TPSA) is 39.7 Å². The molecule has 120 valence electrons. The van der Waals surface area contributed by atoms with Crippen LogP contribution in [0.3, 0.4) is 0 Å². The predicted octanol–water partition coefficient (Wildman–Crippen LogP) is 2.21. The second kappa shape index (κ2) is 10.5. The van der Waals surface area contributed by atoms with Crippen LogP contribution in [0, 0.1) is 0 Å². The van der Waals surface area contributed by atoms with Gasteiger partial charge in [0.15, 0.2) is 5.96 Å². The minimum atomic E-state index is -4.13. The van der Waals surface area contributed by atoms with Gasteiger partial charge in [-0.1, -0.05) is 6.42 Å². The van der Waals surface area contributed by atoms with Crippen molar-refractivity contribution < 1.29 is 13.2 Å². The highest BCUT2D eigenvalue weighted by atomic mass is 127. The predicted molar refractivity (Wildman–Crippen MR) is 85.7 cm³/mol. The lowest BCUT2D eigenvalue weighted by molar-refractivity contribution is -0.132. The van der Waals surface area contributed by atoms with Gasteiger partial charge in [-0.2, -0.15) is 13.2 Å². The number of guanidine groups is 1. The molecule has 0 spiro atoms. The molecule has 20 heavy (non-hydrogen) atoms. The number of nitrogens with one attached hydrogen (secondary N) is 2. The Balaban J connectivity index is 0.00000361. The number of piperidine rings is 1. The molecule has 1 aliphatic heterocycles. The fourth-order valence-corrected chi connectivity index (χ4v) is 2.06. The number of hydrogen-bond acceptors (Lipinski definition) is 2. The molecular weight excluding hydrogens is 384 g/mol. The van der Waals surface area contributed by atoms with E-state index in [1.54, 1.807) is 7.05 Å². The van der Waals surface area contributed by atoms with Gasteiger partial charge >= 0.3 is 6.18 Å². The van der Waals surface area contributed by atoms with Crippen LogP contribution >= 0.6 is 24.0 Å². The third-order valence-electron chi connectivity index (χ3n) is 3.09. The van der Waals surface area contributed by atoms with E-state index in [-0.39, 0.29) is 30.5 Å². The molecule has 1 fully saturated rings. The molecule has 2 N–H and O–H groups in total. The molecule has 0 aromatic carbocycles. The Morgan fingerprint density at radius 2 is 1.70 bits per heavy atom. The number of nitrogens with zero attached hydrogens (tertiary/aromatic N) is 2. The van der Waals surface area contributed by atoms with E-state index >= 15 is 0 Å². The molecule has 0 atom stereocenters. The molecule has 0 saturated carbocycles. The second-order valence-corrected chi connectivity index (χ2v) is 4.69. The summed E-state index contributed by atoms with van der Waals surface area (Å²) in [7, 11) is 1.56. The summed E-state index contributed by atoms with van der Waals surface area (Å²) in [6.07, 6.45) is -1.21. The summed E-state index contributed by atoms with van der Waals surface area (Å²) >= 11 is 0. The lowest BCUT2D eigenvalue weighted by Crippen LogP contribution is -2.43. The lowest BCUT2D eigenvalue weighted by atomic mass is 10.1. The summed E-state index contributed by atoms with van der Waals surface area (Å²) in [4.78, 5) is 6.26. The molecule has 0 unspecified atom stereocenters. The molecule has 8 heteroatoms. The summed E-state index contributed by atoms with van der Waals surface area (Å²) in [6, 6.07) is 0. The molecule has 0 aromatic rings. The molecule has 0 aliphatic carbocycles. The summed E-state index contributed by atoms with van der Waals surface area (Å²) in [5.74, 6) is 0.432. The van der Waals surface area contributed by atoms with Crippen molar-refractivity contribution in [1.29, 1.82) is 0 Å². The third-order valence-corrected chi connectivity index (χ3v) is 3.09. The minimum Gasteiger partial charge on any atom is -0.356 e. The first kappa shape index (κ1) is 19.8. The standard InChI is InChI=1S/C12H23F3N4.HI/c1-16-11(17-6-5-12(13,14)15)18-7-10-19-8-3-2-4-9-19;/h2-10H2,1H3,(H2,16,17,18);1H. The van der Waals surface area contributed by atoms with E-state index in [1.807, 2.05) is 0 Å². The van der Waals surface area contributed by atoms with Crippen molar-refractivity contribution in [3.63, 3.8) is 0 Å². The molecule has 1 heterocycles. The van der Waals surface area contributed by atoms with Crippen molar-refractivity contribution in [3.8, 4) is 0 Å². The lowest BCUT2D eigenvalue weighted by Gasteiger charge is -2.26. The Morgan fingerprint density at radius 3 is 2.25 bits per heavy atom. The van der Waals surface area contributed by atoms with Gasteiger partial charge in [-0.3, -0.25) is 4.99 Å². The van der Waals surface area contributed by atoms with Crippen LogP contribution < -0.4 is 10.6 Å². The van der Waals surface area contributed by atoms with Crippen LogP contribution in [0.5, 0.6) is 0 Å². The molecule has 0 aromatic heterocycles. The van der Waals surface area contributed by atoms with E-state index < -0.39 is 12.6 Å². The van der Waals surface area contributed by atoms with E-state index in [9.17, 15) is 13.2 Å². The average Bonchev–Trinajstić information content (AvgIpc) is 2.37. The first-order valence-electron chi connectivity index (χ1n) is 6.75. The van der Waals surface area contributed by atoms with Crippen molar-refractivity contribution in [2.24, 2.45) is 4.99 Å². The summed E-state index contributed by atoms with van der Waals surface area (Å²) < 4.78 is 36.0. The first-order chi connectivity index (χ1) is 9.01. The van der Waals surface area contributed by atoms with E-state index in [4.69, 9.17) is 0 Å². The summed E-state index contributed by atoms with van der Waals surface area (Å²) in [6.45, 7) is 3.68. The van der Waals surface area contributed by atoms with Crippen molar-refractivity contribution in [3.05, 3.63) is 0 Å². The van der Waals surface area contributed by atoms with Crippen LogP contribution in [-0.4, -0.2) is 56.8 Å². The molecule has 0 bridgehead atoms. The van der Waals surface area contributed by atoms with Crippen LogP contribution in [0.25, 0.3) is 0 Å². The average molecular weight is 408 g/mol. The monoisotopic (exact) mass is 408 g/mol. The fraction of sp³-hybridized carbons (Fsp3) is 0.917. The first-order valence-corrected chi connectivity index (χ1v) is 6.75. The molecule has 1 aliphatic rings. The van der Waals surface area contributed by atoms with Crippen LogP contribution in [0.15, 0.2) is 4.99 Å². The molecule has 1 rings (SSSR count). The Labute approximate surface area is 135 Å². The van der Waals surface area contributed by atoms with E-state index in [0.29, 0.717) is 12.5 Å². The second-order valence-electron chi connectivity index (χ2n) is 4.69. The van der Waals surface area contributed by atoms with Gasteiger partial charge in [-0.05, 0) is 25.9 Å². The number of rotatable bonds is 5. The van der Waals surface area contributed by atoms with Crippen molar-refractivity contribution >= 4 is 29.9 Å². The van der Waals surface area contributed by atoms with Crippen LogP contribution in [-0.2, 0) is 0 Å². The molecule has 1 saturated heterocycles. The highest BCUT2D eigenvalue weighted by molar-refractivity contribution is 14.0. The van der Waals surface area contributed by atoms with Crippen LogP contribution in [0.2, 0.25) is 0 Å². The number of alkyl halides is 3. The molecular formula is C12H24F3IN4. The van der Waals surface area contributed by atoms with Crippen molar-refractivity contribution in [1.82, 2.24) is 15.5 Å². The quantitative estimate of drug-likeness (QED) is 0.417. The third kappa shape index (κ3) is 9.62. The molecule has 0 radical (unpaired) electrons. The molecule has 4 nitrogen and oxygen atoms in total. The van der Waals surface area contributed by atoms with Gasteiger partial charge in [0.25, 0.3) is 0 Å². The van der Waals surface area contributed by atoms with Crippen molar-refractivity contribution in [2.75, 3.05) is 39.8 Å². The smallest absolute Gasteiger partial charge is 0.356 e. The maximum atomic E-state index is 12.0. The van der Waals surface area contributed by atoms with Gasteiger partial charge < -0.3 is 15.5 Å². The Hall–Kier alpha value is -0.250. The van der Waals surface area contributed by atoms with Crippen LogP contribution in [0.1, 0.15) is 25.7 Å². The Morgan fingerprint density at radius 1 is 1.10 bits per heavy atom. The largest absolute Gasteiger partial charge is 0.390 e. The van der Waals surface area contributed by atoms with Gasteiger partial charge in [0.2, 0.25) is 0 Å². The fourth-order valence-electron chi connectivity index (χ4n) is 2.06. The summed E-state index contributed by atoms with van der Waals surface area (Å²) in [5.41, 5.74) is 0. The van der Waals surface area contributed by atoms with Gasteiger partial charge in [0.05, 0.1) is 6.42 Å². The normalized spacial score (nSPS) is 17.5.